The standard InChI is InChI=1S/C22H16N4O3/c23-10-15(11-24)22(16-8-4-5-9-17(16)25-21(22)29)19-18(27)13-26(20(19)28)12-14-6-2-1-3-7-14/h1-9,15,27H,12-13H2,(H,25,29). The molecule has 0 fully saturated rings. The van der Waals surface area contributed by atoms with Crippen molar-refractivity contribution in [3.05, 3.63) is 77.1 Å². The molecule has 0 saturated heterocycles. The third-order valence-electron chi connectivity index (χ3n) is 5.39. The number of benzene rings is 2. The fourth-order valence-corrected chi connectivity index (χ4v) is 4.12. The van der Waals surface area contributed by atoms with E-state index in [0.29, 0.717) is 11.3 Å². The quantitative estimate of drug-likeness (QED) is 0.839. The molecule has 0 radical (unpaired) electrons. The number of hydrogen-bond donors (Lipinski definition) is 2. The van der Waals surface area contributed by atoms with Crippen molar-refractivity contribution in [3.63, 3.8) is 0 Å². The minimum absolute atomic E-state index is 0.0934. The first kappa shape index (κ1) is 18.3. The van der Waals surface area contributed by atoms with E-state index >= 15 is 0 Å². The lowest BCUT2D eigenvalue weighted by atomic mass is 9.66. The number of aliphatic hydroxyl groups is 1. The fourth-order valence-electron chi connectivity index (χ4n) is 4.12. The summed E-state index contributed by atoms with van der Waals surface area (Å²) >= 11 is 0. The summed E-state index contributed by atoms with van der Waals surface area (Å²) in [6.07, 6.45) is 0. The van der Waals surface area contributed by atoms with Crippen molar-refractivity contribution in [2.24, 2.45) is 5.92 Å². The maximum absolute atomic E-state index is 13.3. The number of anilines is 1. The van der Waals surface area contributed by atoms with Crippen molar-refractivity contribution in [1.82, 2.24) is 4.90 Å². The lowest BCUT2D eigenvalue weighted by molar-refractivity contribution is -0.129. The topological polar surface area (TPSA) is 117 Å². The Kier molecular flexibility index (Phi) is 4.29. The number of fused-ring (bicyclic) bond motifs is 1. The number of nitrogens with zero attached hydrogens (tertiary/aromatic N) is 3. The molecule has 142 valence electrons. The highest BCUT2D eigenvalue weighted by molar-refractivity contribution is 6.16. The van der Waals surface area contributed by atoms with Gasteiger partial charge in [0.1, 0.15) is 11.2 Å². The smallest absolute Gasteiger partial charge is 0.255 e. The van der Waals surface area contributed by atoms with Crippen molar-refractivity contribution in [2.45, 2.75) is 12.0 Å². The van der Waals surface area contributed by atoms with Gasteiger partial charge < -0.3 is 15.3 Å². The van der Waals surface area contributed by atoms with Crippen LogP contribution >= 0.6 is 0 Å². The normalized spacial score (nSPS) is 20.4. The number of amides is 2. The summed E-state index contributed by atoms with van der Waals surface area (Å²) in [5.74, 6) is -3.01. The zero-order chi connectivity index (χ0) is 20.6. The minimum atomic E-state index is -1.88. The van der Waals surface area contributed by atoms with Crippen molar-refractivity contribution < 1.29 is 14.7 Å². The van der Waals surface area contributed by atoms with Crippen LogP contribution in [0.5, 0.6) is 0 Å². The van der Waals surface area contributed by atoms with Crippen molar-refractivity contribution in [2.75, 3.05) is 11.9 Å². The fraction of sp³-hybridized carbons (Fsp3) is 0.182. The number of carbonyl (C=O) groups is 2. The average molecular weight is 384 g/mol. The van der Waals surface area contributed by atoms with Crippen LogP contribution in [-0.2, 0) is 21.5 Å². The maximum atomic E-state index is 13.3. The van der Waals surface area contributed by atoms with Crippen LogP contribution in [0.3, 0.4) is 0 Å². The van der Waals surface area contributed by atoms with E-state index in [1.54, 1.807) is 24.3 Å². The largest absolute Gasteiger partial charge is 0.510 e. The molecule has 2 aromatic rings. The first-order chi connectivity index (χ1) is 14.0. The molecule has 4 rings (SSSR count). The summed E-state index contributed by atoms with van der Waals surface area (Å²) < 4.78 is 0. The number of hydrogen-bond acceptors (Lipinski definition) is 5. The van der Waals surface area contributed by atoms with Crippen LogP contribution in [0.1, 0.15) is 11.1 Å². The van der Waals surface area contributed by atoms with Gasteiger partial charge in [-0.3, -0.25) is 9.59 Å². The summed E-state index contributed by atoms with van der Waals surface area (Å²) in [5.41, 5.74) is -0.467. The molecule has 2 aromatic carbocycles. The van der Waals surface area contributed by atoms with E-state index in [-0.39, 0.29) is 24.4 Å². The van der Waals surface area contributed by atoms with Gasteiger partial charge in [0, 0.05) is 12.2 Å². The van der Waals surface area contributed by atoms with E-state index in [4.69, 9.17) is 0 Å². The Morgan fingerprint density at radius 1 is 1.07 bits per heavy atom. The summed E-state index contributed by atoms with van der Waals surface area (Å²) in [6.45, 7) is 0.139. The molecule has 0 spiro atoms. The van der Waals surface area contributed by atoms with Crippen LogP contribution in [0.15, 0.2) is 65.9 Å². The molecule has 2 N–H and O–H groups in total. The van der Waals surface area contributed by atoms with Crippen molar-refractivity contribution in [3.8, 4) is 12.1 Å². The van der Waals surface area contributed by atoms with Gasteiger partial charge in [0.15, 0.2) is 5.92 Å². The van der Waals surface area contributed by atoms with Gasteiger partial charge in [0.25, 0.3) is 5.91 Å². The van der Waals surface area contributed by atoms with E-state index in [9.17, 15) is 25.2 Å². The van der Waals surface area contributed by atoms with Gasteiger partial charge in [-0.2, -0.15) is 10.5 Å². The van der Waals surface area contributed by atoms with Crippen molar-refractivity contribution >= 4 is 17.5 Å². The predicted octanol–water partition coefficient (Wildman–Crippen LogP) is 2.39. The number of nitrogens with one attached hydrogen (secondary N) is 1. The van der Waals surface area contributed by atoms with E-state index in [1.807, 2.05) is 42.5 Å². The number of rotatable bonds is 4. The van der Waals surface area contributed by atoms with E-state index in [0.717, 1.165) is 5.56 Å². The maximum Gasteiger partial charge on any atom is 0.255 e. The molecular formula is C22H16N4O3. The van der Waals surface area contributed by atoms with E-state index in [2.05, 4.69) is 5.32 Å². The lowest BCUT2D eigenvalue weighted by Crippen LogP contribution is -2.46. The monoisotopic (exact) mass is 384 g/mol. The molecule has 0 aromatic heterocycles. The van der Waals surface area contributed by atoms with Crippen LogP contribution < -0.4 is 5.32 Å². The molecule has 0 aliphatic carbocycles. The van der Waals surface area contributed by atoms with E-state index < -0.39 is 23.1 Å². The van der Waals surface area contributed by atoms with Gasteiger partial charge >= 0.3 is 0 Å². The highest BCUT2D eigenvalue weighted by atomic mass is 16.3. The van der Waals surface area contributed by atoms with Gasteiger partial charge in [0.05, 0.1) is 24.3 Å². The first-order valence-electron chi connectivity index (χ1n) is 9.00. The second-order valence-electron chi connectivity index (χ2n) is 6.97. The molecule has 1 unspecified atom stereocenters. The summed E-state index contributed by atoms with van der Waals surface area (Å²) in [7, 11) is 0. The summed E-state index contributed by atoms with van der Waals surface area (Å²) in [6, 6.07) is 19.5. The van der Waals surface area contributed by atoms with Gasteiger partial charge in [-0.1, -0.05) is 48.5 Å². The Hall–Kier alpha value is -4.10. The third-order valence-corrected chi connectivity index (χ3v) is 5.39. The lowest BCUT2D eigenvalue weighted by Gasteiger charge is -2.29. The Balaban J connectivity index is 1.84. The first-order valence-corrected chi connectivity index (χ1v) is 9.00. The second kappa shape index (κ2) is 6.81. The van der Waals surface area contributed by atoms with Gasteiger partial charge in [-0.05, 0) is 17.2 Å². The molecule has 7 nitrogen and oxygen atoms in total. The SMILES string of the molecule is N#CC(C#N)C1(C2=C(O)CN(Cc3ccccc3)C2=O)C(=O)Nc2ccccc21. The Morgan fingerprint density at radius 3 is 2.41 bits per heavy atom. The van der Waals surface area contributed by atoms with Crippen LogP contribution in [0.25, 0.3) is 0 Å². The molecular weight excluding hydrogens is 368 g/mol. The molecule has 2 amide bonds. The third kappa shape index (κ3) is 2.56. The van der Waals surface area contributed by atoms with E-state index in [1.165, 1.54) is 4.90 Å². The predicted molar refractivity (Wildman–Crippen MR) is 103 cm³/mol. The van der Waals surface area contributed by atoms with Crippen LogP contribution in [-0.4, -0.2) is 28.4 Å². The van der Waals surface area contributed by atoms with Crippen LogP contribution in [0.4, 0.5) is 5.69 Å². The Bertz CT molecular complexity index is 1110. The number of aliphatic hydroxyl groups excluding tert-OH is 1. The number of nitriles is 2. The minimum Gasteiger partial charge on any atom is -0.510 e. The van der Waals surface area contributed by atoms with Crippen molar-refractivity contribution in [1.29, 1.82) is 10.5 Å². The zero-order valence-electron chi connectivity index (χ0n) is 15.3. The molecule has 7 heteroatoms. The Labute approximate surface area is 167 Å². The molecule has 2 aliphatic heterocycles. The molecule has 0 saturated carbocycles. The molecule has 0 bridgehead atoms. The second-order valence-corrected chi connectivity index (χ2v) is 6.97. The highest BCUT2D eigenvalue weighted by Crippen LogP contribution is 2.50. The number of para-hydroxylation sites is 1. The molecule has 29 heavy (non-hydrogen) atoms. The van der Waals surface area contributed by atoms with Gasteiger partial charge in [-0.25, -0.2) is 0 Å². The zero-order valence-corrected chi connectivity index (χ0v) is 15.3. The molecule has 2 aliphatic rings. The van der Waals surface area contributed by atoms with Crippen LogP contribution in [0, 0.1) is 28.6 Å². The summed E-state index contributed by atoms with van der Waals surface area (Å²) in [4.78, 5) is 27.8. The van der Waals surface area contributed by atoms with Crippen LogP contribution in [0.2, 0.25) is 0 Å². The Morgan fingerprint density at radius 2 is 1.72 bits per heavy atom. The molecule has 2 heterocycles. The average Bonchev–Trinajstić information content (AvgIpc) is 3.17. The molecule has 1 atom stereocenters. The number of carbonyl (C=O) groups excluding carboxylic acids is 2. The van der Waals surface area contributed by atoms with Gasteiger partial charge in [0.2, 0.25) is 5.91 Å². The highest BCUT2D eigenvalue weighted by Gasteiger charge is 2.61. The van der Waals surface area contributed by atoms with Gasteiger partial charge in [-0.15, -0.1) is 0 Å². The summed E-state index contributed by atoms with van der Waals surface area (Å²) in [5, 5.41) is 32.7.